The van der Waals surface area contributed by atoms with Crippen molar-refractivity contribution in [2.24, 2.45) is 0 Å². The van der Waals surface area contributed by atoms with Crippen LogP contribution in [0.25, 0.3) is 6.08 Å². The van der Waals surface area contributed by atoms with Crippen molar-refractivity contribution in [3.63, 3.8) is 0 Å². The number of methoxy groups -OCH3 is 2. The standard InChI is InChI=1S/C19H17NO5/c1-23-16-9-5-6-12-10-13(11-25-17(12)16)18(21)20-15-8-4-3-7-14(15)19(22)24-2/h3-10H,11H2,1-2H3,(H,20,21). The third-order valence-electron chi connectivity index (χ3n) is 3.80. The van der Waals surface area contributed by atoms with Crippen molar-refractivity contribution in [2.75, 3.05) is 26.1 Å². The lowest BCUT2D eigenvalue weighted by Gasteiger charge is -2.20. The van der Waals surface area contributed by atoms with Gasteiger partial charge < -0.3 is 19.5 Å². The van der Waals surface area contributed by atoms with Gasteiger partial charge in [-0.3, -0.25) is 4.79 Å². The van der Waals surface area contributed by atoms with Gasteiger partial charge in [-0.15, -0.1) is 0 Å². The van der Waals surface area contributed by atoms with Crippen molar-refractivity contribution < 1.29 is 23.8 Å². The average molecular weight is 339 g/mol. The van der Waals surface area contributed by atoms with Gasteiger partial charge in [-0.2, -0.15) is 0 Å². The van der Waals surface area contributed by atoms with Gasteiger partial charge in [-0.05, 0) is 24.3 Å². The highest BCUT2D eigenvalue weighted by molar-refractivity contribution is 6.10. The topological polar surface area (TPSA) is 73.9 Å². The van der Waals surface area contributed by atoms with E-state index in [1.807, 2.05) is 12.1 Å². The first kappa shape index (κ1) is 16.6. The van der Waals surface area contributed by atoms with Gasteiger partial charge in [0.05, 0.1) is 31.0 Å². The lowest BCUT2D eigenvalue weighted by atomic mass is 10.1. The van der Waals surface area contributed by atoms with Crippen LogP contribution in [0.2, 0.25) is 0 Å². The van der Waals surface area contributed by atoms with E-state index in [4.69, 9.17) is 14.2 Å². The molecule has 2 aromatic carbocycles. The summed E-state index contributed by atoms with van der Waals surface area (Å²) in [5.74, 6) is 0.366. The molecular formula is C19H17NO5. The second-order valence-corrected chi connectivity index (χ2v) is 5.33. The molecule has 0 aromatic heterocycles. The Morgan fingerprint density at radius 3 is 2.64 bits per heavy atom. The quantitative estimate of drug-likeness (QED) is 0.867. The molecule has 6 heteroatoms. The molecule has 0 atom stereocenters. The van der Waals surface area contributed by atoms with Crippen molar-refractivity contribution >= 4 is 23.6 Å². The van der Waals surface area contributed by atoms with Crippen molar-refractivity contribution in [2.45, 2.75) is 0 Å². The molecule has 3 rings (SSSR count). The molecule has 25 heavy (non-hydrogen) atoms. The van der Waals surface area contributed by atoms with Crippen molar-refractivity contribution in [3.8, 4) is 11.5 Å². The van der Waals surface area contributed by atoms with Crippen LogP contribution in [0, 0.1) is 0 Å². The highest BCUT2D eigenvalue weighted by Crippen LogP contribution is 2.35. The zero-order valence-electron chi connectivity index (χ0n) is 13.9. The molecule has 0 aliphatic carbocycles. The molecule has 1 heterocycles. The molecule has 1 N–H and O–H groups in total. The number of carbonyl (C=O) groups excluding carboxylic acids is 2. The lowest BCUT2D eigenvalue weighted by Crippen LogP contribution is -2.22. The predicted molar refractivity (Wildman–Crippen MR) is 92.9 cm³/mol. The van der Waals surface area contributed by atoms with Gasteiger partial charge >= 0.3 is 5.97 Å². The molecule has 1 aliphatic rings. The Balaban J connectivity index is 1.86. The summed E-state index contributed by atoms with van der Waals surface area (Å²) in [4.78, 5) is 24.4. The second kappa shape index (κ2) is 7.09. The number of carbonyl (C=O) groups is 2. The number of hydrogen-bond acceptors (Lipinski definition) is 5. The molecule has 0 spiro atoms. The molecule has 1 amide bonds. The number of amides is 1. The first-order chi connectivity index (χ1) is 12.1. The fraction of sp³-hybridized carbons (Fsp3) is 0.158. The molecule has 0 unspecified atom stereocenters. The maximum absolute atomic E-state index is 12.6. The van der Waals surface area contributed by atoms with Gasteiger partial charge in [0.15, 0.2) is 11.5 Å². The van der Waals surface area contributed by atoms with Crippen LogP contribution >= 0.6 is 0 Å². The largest absolute Gasteiger partial charge is 0.493 e. The number of nitrogens with one attached hydrogen (secondary N) is 1. The van der Waals surface area contributed by atoms with Crippen LogP contribution < -0.4 is 14.8 Å². The molecule has 0 bridgehead atoms. The number of hydrogen-bond donors (Lipinski definition) is 1. The van der Waals surface area contributed by atoms with Crippen molar-refractivity contribution in [3.05, 3.63) is 59.2 Å². The molecule has 128 valence electrons. The fourth-order valence-electron chi connectivity index (χ4n) is 2.55. The number of para-hydroxylation sites is 2. The van der Waals surface area contributed by atoms with E-state index in [-0.39, 0.29) is 18.1 Å². The molecule has 6 nitrogen and oxygen atoms in total. The van der Waals surface area contributed by atoms with E-state index in [0.29, 0.717) is 22.8 Å². The smallest absolute Gasteiger partial charge is 0.339 e. The number of ether oxygens (including phenoxy) is 3. The second-order valence-electron chi connectivity index (χ2n) is 5.33. The van der Waals surface area contributed by atoms with Gasteiger partial charge in [-0.25, -0.2) is 4.79 Å². The zero-order valence-corrected chi connectivity index (χ0v) is 13.9. The number of anilines is 1. The third-order valence-corrected chi connectivity index (χ3v) is 3.80. The maximum atomic E-state index is 12.6. The van der Waals surface area contributed by atoms with Gasteiger partial charge in [-0.1, -0.05) is 24.3 Å². The summed E-state index contributed by atoms with van der Waals surface area (Å²) in [5, 5.41) is 2.74. The fourth-order valence-corrected chi connectivity index (χ4v) is 2.55. The van der Waals surface area contributed by atoms with E-state index in [2.05, 4.69) is 5.32 Å². The first-order valence-electron chi connectivity index (χ1n) is 7.63. The Labute approximate surface area is 145 Å². The van der Waals surface area contributed by atoms with E-state index in [0.717, 1.165) is 5.56 Å². The summed E-state index contributed by atoms with van der Waals surface area (Å²) in [6.07, 6.45) is 1.75. The van der Waals surface area contributed by atoms with Crippen LogP contribution in [0.3, 0.4) is 0 Å². The molecule has 0 fully saturated rings. The molecule has 0 saturated heterocycles. The molecule has 1 aliphatic heterocycles. The van der Waals surface area contributed by atoms with E-state index < -0.39 is 5.97 Å². The predicted octanol–water partition coefficient (Wildman–Crippen LogP) is 2.90. The van der Waals surface area contributed by atoms with Crippen LogP contribution in [-0.4, -0.2) is 32.7 Å². The van der Waals surface area contributed by atoms with Gasteiger partial charge in [0.25, 0.3) is 5.91 Å². The van der Waals surface area contributed by atoms with Gasteiger partial charge in [0, 0.05) is 5.56 Å². The Hall–Kier alpha value is -3.28. The average Bonchev–Trinajstić information content (AvgIpc) is 2.66. The van der Waals surface area contributed by atoms with Crippen molar-refractivity contribution in [1.29, 1.82) is 0 Å². The van der Waals surface area contributed by atoms with Crippen molar-refractivity contribution in [1.82, 2.24) is 0 Å². The molecule has 2 aromatic rings. The third kappa shape index (κ3) is 3.33. The molecule has 0 saturated carbocycles. The van der Waals surface area contributed by atoms with E-state index in [9.17, 15) is 9.59 Å². The summed E-state index contributed by atoms with van der Waals surface area (Å²) in [6.45, 7) is 0.111. The number of benzene rings is 2. The number of esters is 1. The maximum Gasteiger partial charge on any atom is 0.339 e. The van der Waals surface area contributed by atoms with E-state index in [1.165, 1.54) is 7.11 Å². The van der Waals surface area contributed by atoms with Gasteiger partial charge in [0.1, 0.15) is 6.61 Å². The number of rotatable bonds is 4. The van der Waals surface area contributed by atoms with E-state index in [1.54, 1.807) is 43.5 Å². The highest BCUT2D eigenvalue weighted by atomic mass is 16.5. The zero-order chi connectivity index (χ0) is 17.8. The minimum absolute atomic E-state index is 0.111. The number of fused-ring (bicyclic) bond motifs is 1. The summed E-state index contributed by atoms with van der Waals surface area (Å²) in [6, 6.07) is 12.1. The Bertz CT molecular complexity index is 857. The monoisotopic (exact) mass is 339 g/mol. The normalized spacial score (nSPS) is 12.3. The van der Waals surface area contributed by atoms with Crippen LogP contribution in [-0.2, 0) is 9.53 Å². The van der Waals surface area contributed by atoms with Crippen LogP contribution in [0.1, 0.15) is 15.9 Å². The van der Waals surface area contributed by atoms with Crippen LogP contribution in [0.4, 0.5) is 5.69 Å². The SMILES string of the molecule is COC(=O)c1ccccc1NC(=O)C1=Cc2cccc(OC)c2OC1. The minimum atomic E-state index is -0.514. The van der Waals surface area contributed by atoms with E-state index >= 15 is 0 Å². The minimum Gasteiger partial charge on any atom is -0.493 e. The molecular weight excluding hydrogens is 322 g/mol. The Morgan fingerprint density at radius 2 is 1.88 bits per heavy atom. The lowest BCUT2D eigenvalue weighted by molar-refractivity contribution is -0.113. The Kier molecular flexibility index (Phi) is 4.70. The Morgan fingerprint density at radius 1 is 1.08 bits per heavy atom. The summed E-state index contributed by atoms with van der Waals surface area (Å²) < 4.78 is 15.7. The van der Waals surface area contributed by atoms with Crippen LogP contribution in [0.5, 0.6) is 11.5 Å². The summed E-state index contributed by atoms with van der Waals surface area (Å²) >= 11 is 0. The van der Waals surface area contributed by atoms with Gasteiger partial charge in [0.2, 0.25) is 0 Å². The summed E-state index contributed by atoms with van der Waals surface area (Å²) in [7, 11) is 2.86. The highest BCUT2D eigenvalue weighted by Gasteiger charge is 2.21. The molecule has 0 radical (unpaired) electrons. The van der Waals surface area contributed by atoms with Crippen LogP contribution in [0.15, 0.2) is 48.0 Å². The summed E-state index contributed by atoms with van der Waals surface area (Å²) in [5.41, 5.74) is 1.88. The first-order valence-corrected chi connectivity index (χ1v) is 7.63.